The van der Waals surface area contributed by atoms with Crippen LogP contribution >= 0.6 is 0 Å². The van der Waals surface area contributed by atoms with Gasteiger partial charge in [0.1, 0.15) is 0 Å². The lowest BCUT2D eigenvalue weighted by atomic mass is 10.2. The fourth-order valence-electron chi connectivity index (χ4n) is 5.04. The zero-order valence-electron chi connectivity index (χ0n) is 34.3. The van der Waals surface area contributed by atoms with Gasteiger partial charge in [-0.25, -0.2) is 0 Å². The maximum absolute atomic E-state index is 6.95. The van der Waals surface area contributed by atoms with Crippen molar-refractivity contribution in [1.82, 2.24) is 30.1 Å². The highest BCUT2D eigenvalue weighted by atomic mass is 16.6. The fourth-order valence-corrected chi connectivity index (χ4v) is 5.04. The molecule has 0 atom stereocenters. The molecule has 2 aromatic rings. The standard InChI is InChI=1S/C36H64N18O2/c1-49(41-37)27-13-7-9-15-29-51(3)43-39-33-19-23-36(24-20-33)56-48-46-54(6)32-18-12-11-16-30-52(4)44-40-34-21-25-35(26-22-34)55-47-45-53(5)31-17-10-8-14-28-50(2)42-38/h19-26,37-38H,7-18,27-32H2,1-6H3/b41-37?,42-38?,43-39?,44-40?,47-45+,48-46+. The first kappa shape index (κ1) is 46.6. The summed E-state index contributed by atoms with van der Waals surface area (Å²) in [5.41, 5.74) is 15.3. The molecule has 0 aliphatic rings. The molecule has 20 heteroatoms. The van der Waals surface area contributed by atoms with E-state index in [1.165, 1.54) is 0 Å². The summed E-state index contributed by atoms with van der Waals surface area (Å²) in [6, 6.07) is 14.5. The maximum atomic E-state index is 6.95. The highest BCUT2D eigenvalue weighted by Crippen LogP contribution is 2.20. The van der Waals surface area contributed by atoms with Crippen molar-refractivity contribution in [2.24, 2.45) is 52.1 Å². The molecule has 0 fully saturated rings. The van der Waals surface area contributed by atoms with Gasteiger partial charge in [-0.2, -0.15) is 11.1 Å². The van der Waals surface area contributed by atoms with Gasteiger partial charge in [0.05, 0.1) is 21.9 Å². The van der Waals surface area contributed by atoms with Gasteiger partial charge >= 0.3 is 0 Å². The number of nitrogens with one attached hydrogen (secondary N) is 2. The number of benzene rings is 2. The lowest BCUT2D eigenvalue weighted by Gasteiger charge is -2.12. The van der Waals surface area contributed by atoms with Gasteiger partial charge in [0.25, 0.3) is 0 Å². The zero-order chi connectivity index (χ0) is 40.6. The van der Waals surface area contributed by atoms with Crippen LogP contribution in [-0.2, 0) is 0 Å². The van der Waals surface area contributed by atoms with E-state index in [1.807, 2.05) is 76.6 Å². The normalized spacial score (nSPS) is 11.5. The molecule has 0 aromatic heterocycles. The highest BCUT2D eigenvalue weighted by molar-refractivity contribution is 5.41. The van der Waals surface area contributed by atoms with Gasteiger partial charge in [-0.05, 0) is 97.5 Å². The van der Waals surface area contributed by atoms with Crippen LogP contribution in [0, 0.1) is 11.1 Å². The van der Waals surface area contributed by atoms with Crippen molar-refractivity contribution in [2.45, 2.75) is 77.0 Å². The van der Waals surface area contributed by atoms with Crippen molar-refractivity contribution in [2.75, 3.05) is 81.6 Å². The molecule has 20 nitrogen and oxygen atoms in total. The van der Waals surface area contributed by atoms with Crippen molar-refractivity contribution in [1.29, 1.82) is 11.1 Å². The van der Waals surface area contributed by atoms with Crippen LogP contribution in [0.1, 0.15) is 77.0 Å². The van der Waals surface area contributed by atoms with Crippen molar-refractivity contribution in [3.8, 4) is 11.5 Å². The Kier molecular flexibility index (Phi) is 24.8. The van der Waals surface area contributed by atoms with E-state index in [0.29, 0.717) is 11.5 Å². The molecule has 2 N–H and O–H groups in total. The Balaban J connectivity index is 1.51. The molecule has 0 aliphatic carbocycles. The minimum Gasteiger partial charge on any atom is -0.338 e. The molecule has 0 amide bonds. The SMILES string of the molecule is CN(CCCCCCN(C)N=Nc1ccc(O/N=N/N(C)CCCCCCN(C)N=Nc2ccc(O/N=N/N(C)CCCCCCN(C)N=N)cc2)cc1)N=N. The van der Waals surface area contributed by atoms with Crippen molar-refractivity contribution in [3.05, 3.63) is 48.5 Å². The summed E-state index contributed by atoms with van der Waals surface area (Å²) in [6.45, 7) is 4.82. The Morgan fingerprint density at radius 1 is 0.375 bits per heavy atom. The van der Waals surface area contributed by atoms with Crippen LogP contribution in [0.3, 0.4) is 0 Å². The summed E-state index contributed by atoms with van der Waals surface area (Å²) in [5, 5.41) is 50.3. The maximum Gasteiger partial charge on any atom is 0.160 e. The Labute approximate surface area is 332 Å². The van der Waals surface area contributed by atoms with E-state index < -0.39 is 0 Å². The topological polar surface area (TPSA) is 209 Å². The quantitative estimate of drug-likeness (QED) is 0.0403. The summed E-state index contributed by atoms with van der Waals surface area (Å²) in [6.07, 6.45) is 12.6. The number of unbranched alkanes of at least 4 members (excludes halogenated alkanes) is 9. The summed E-state index contributed by atoms with van der Waals surface area (Å²) in [5.74, 6) is 1.15. The van der Waals surface area contributed by atoms with Crippen LogP contribution in [0.5, 0.6) is 11.5 Å². The first-order chi connectivity index (χ1) is 27.2. The number of hydrogen-bond donors (Lipinski definition) is 2. The van der Waals surface area contributed by atoms with E-state index in [4.69, 9.17) is 20.7 Å². The Hall–Kier alpha value is -5.56. The third-order valence-corrected chi connectivity index (χ3v) is 8.45. The molecule has 0 saturated heterocycles. The molecule has 2 aromatic carbocycles. The van der Waals surface area contributed by atoms with Gasteiger partial charge < -0.3 is 9.68 Å². The van der Waals surface area contributed by atoms with Gasteiger partial charge in [0.2, 0.25) is 0 Å². The second-order valence-corrected chi connectivity index (χ2v) is 13.6. The second-order valence-electron chi connectivity index (χ2n) is 13.6. The van der Waals surface area contributed by atoms with E-state index >= 15 is 0 Å². The molecule has 56 heavy (non-hydrogen) atoms. The summed E-state index contributed by atoms with van der Waals surface area (Å²) in [7, 11) is 11.2. The highest BCUT2D eigenvalue weighted by Gasteiger charge is 2.02. The smallest absolute Gasteiger partial charge is 0.160 e. The Morgan fingerprint density at radius 2 is 0.643 bits per heavy atom. The minimum atomic E-state index is 0.573. The van der Waals surface area contributed by atoms with E-state index in [9.17, 15) is 0 Å². The predicted octanol–water partition coefficient (Wildman–Crippen LogP) is 9.87. The number of hydrogen-bond acceptors (Lipinski definition) is 14. The second kappa shape index (κ2) is 29.8. The third kappa shape index (κ3) is 24.0. The average Bonchev–Trinajstić information content (AvgIpc) is 3.20. The van der Waals surface area contributed by atoms with Crippen molar-refractivity contribution in [3.63, 3.8) is 0 Å². The van der Waals surface area contributed by atoms with Gasteiger partial charge in [0.15, 0.2) is 11.5 Å². The van der Waals surface area contributed by atoms with Crippen LogP contribution in [-0.4, -0.2) is 112 Å². The third-order valence-electron chi connectivity index (χ3n) is 8.45. The molecule has 0 unspecified atom stereocenters. The molecule has 0 aliphatic heterocycles. The van der Waals surface area contributed by atoms with Crippen molar-refractivity contribution < 1.29 is 9.68 Å². The molecule has 310 valence electrons. The monoisotopic (exact) mass is 781 g/mol. The van der Waals surface area contributed by atoms with Gasteiger partial charge in [-0.1, -0.05) is 59.4 Å². The molecule has 2 rings (SSSR count). The molecular weight excluding hydrogens is 717 g/mol. The van der Waals surface area contributed by atoms with Crippen molar-refractivity contribution >= 4 is 11.4 Å². The summed E-state index contributed by atoms with van der Waals surface area (Å²) < 4.78 is 0. The lowest BCUT2D eigenvalue weighted by molar-refractivity contribution is 0.225. The van der Waals surface area contributed by atoms with Crippen LogP contribution in [0.15, 0.2) is 101 Å². The first-order valence-electron chi connectivity index (χ1n) is 19.4. The average molecular weight is 781 g/mol. The number of rotatable bonds is 33. The summed E-state index contributed by atoms with van der Waals surface area (Å²) in [4.78, 5) is 10.8. The Morgan fingerprint density at radius 3 is 0.929 bits per heavy atom. The Bertz CT molecular complexity index is 1430. The molecular formula is C36H64N18O2. The molecule has 0 saturated carbocycles. The molecule has 0 bridgehead atoms. The van der Waals surface area contributed by atoms with Crippen LogP contribution in [0.4, 0.5) is 11.4 Å². The molecule has 0 heterocycles. The van der Waals surface area contributed by atoms with Crippen LogP contribution in [0.25, 0.3) is 0 Å². The van der Waals surface area contributed by atoms with Crippen LogP contribution in [0.2, 0.25) is 0 Å². The van der Waals surface area contributed by atoms with Gasteiger partial charge in [-0.3, -0.25) is 30.1 Å². The predicted molar refractivity (Wildman–Crippen MR) is 214 cm³/mol. The summed E-state index contributed by atoms with van der Waals surface area (Å²) >= 11 is 0. The fraction of sp³-hybridized carbons (Fsp3) is 0.667. The minimum absolute atomic E-state index is 0.573. The zero-order valence-corrected chi connectivity index (χ0v) is 34.3. The largest absolute Gasteiger partial charge is 0.338 e. The molecule has 0 spiro atoms. The molecule has 0 radical (unpaired) electrons. The van der Waals surface area contributed by atoms with E-state index in [0.717, 1.165) is 128 Å². The van der Waals surface area contributed by atoms with Gasteiger partial charge in [0, 0.05) is 81.6 Å². The van der Waals surface area contributed by atoms with E-state index in [2.05, 4.69) is 52.1 Å². The van der Waals surface area contributed by atoms with E-state index in [-0.39, 0.29) is 0 Å². The number of nitrogens with zero attached hydrogens (tertiary/aromatic N) is 16. The lowest BCUT2D eigenvalue weighted by Crippen LogP contribution is -2.13. The van der Waals surface area contributed by atoms with Gasteiger partial charge in [-0.15, -0.1) is 10.2 Å². The van der Waals surface area contributed by atoms with Crippen LogP contribution < -0.4 is 9.68 Å². The first-order valence-corrected chi connectivity index (χ1v) is 19.4. The van der Waals surface area contributed by atoms with E-state index in [1.54, 1.807) is 44.3 Å².